The number of aliphatic hydroxyl groups is 1. The van der Waals surface area contributed by atoms with E-state index in [-0.39, 0.29) is 29.6 Å². The van der Waals surface area contributed by atoms with Crippen molar-refractivity contribution in [3.63, 3.8) is 0 Å². The topological polar surface area (TPSA) is 90.4 Å². The Labute approximate surface area is 257 Å². The van der Waals surface area contributed by atoms with Crippen LogP contribution in [0.4, 0.5) is 11.4 Å². The lowest BCUT2D eigenvalue weighted by atomic mass is 9.78. The van der Waals surface area contributed by atoms with Gasteiger partial charge in [-0.3, -0.25) is 14.4 Å². The van der Waals surface area contributed by atoms with Gasteiger partial charge in [0.2, 0.25) is 11.8 Å². The number of unbranched alkanes of at least 4 members (excludes halogenated alkanes) is 1. The van der Waals surface area contributed by atoms with Crippen molar-refractivity contribution in [1.29, 1.82) is 0 Å². The number of thioether (sulfide) groups is 1. The maximum absolute atomic E-state index is 14.6. The normalized spacial score (nSPS) is 28.1. The molecule has 2 saturated heterocycles. The van der Waals surface area contributed by atoms with Crippen LogP contribution in [0.2, 0.25) is 0 Å². The van der Waals surface area contributed by atoms with E-state index in [0.717, 1.165) is 28.3 Å². The van der Waals surface area contributed by atoms with Crippen LogP contribution in [-0.2, 0) is 14.4 Å². The van der Waals surface area contributed by atoms with Crippen molar-refractivity contribution in [2.24, 2.45) is 11.8 Å². The third-order valence-electron chi connectivity index (χ3n) is 9.08. The molecule has 0 saturated carbocycles. The highest BCUT2D eigenvalue weighted by Gasteiger charge is 2.71. The molecule has 1 unspecified atom stereocenters. The number of fused-ring (bicyclic) bond motifs is 2. The maximum Gasteiger partial charge on any atom is 0.251 e. The zero-order valence-corrected chi connectivity index (χ0v) is 25.8. The van der Waals surface area contributed by atoms with E-state index in [1.165, 1.54) is 0 Å². The van der Waals surface area contributed by atoms with Crippen molar-refractivity contribution in [3.05, 3.63) is 77.9 Å². The number of aliphatic hydroxyl groups excluding tert-OH is 1. The molecule has 0 aliphatic carbocycles. The van der Waals surface area contributed by atoms with Crippen molar-refractivity contribution >= 4 is 40.9 Å². The van der Waals surface area contributed by atoms with Crippen molar-refractivity contribution < 1.29 is 24.2 Å². The Morgan fingerprint density at radius 3 is 2.47 bits per heavy atom. The fraction of sp³-hybridized carbons (Fsp3) is 0.441. The van der Waals surface area contributed by atoms with Crippen molar-refractivity contribution in [2.45, 2.75) is 49.7 Å². The van der Waals surface area contributed by atoms with Crippen LogP contribution < -0.4 is 14.5 Å². The number of anilines is 2. The Morgan fingerprint density at radius 1 is 0.953 bits per heavy atom. The van der Waals surface area contributed by atoms with Gasteiger partial charge >= 0.3 is 0 Å². The zero-order valence-electron chi connectivity index (χ0n) is 24.9. The molecular formula is C34H39N3O5S. The highest BCUT2D eigenvalue weighted by Crippen LogP contribution is 2.61. The first kappa shape index (κ1) is 29.5. The molecule has 0 radical (unpaired) electrons. The van der Waals surface area contributed by atoms with Gasteiger partial charge in [-0.2, -0.15) is 0 Å². The van der Waals surface area contributed by atoms with Crippen LogP contribution in [-0.4, -0.2) is 76.6 Å². The molecule has 4 aliphatic heterocycles. The van der Waals surface area contributed by atoms with E-state index in [1.54, 1.807) is 26.5 Å². The number of aryl methyl sites for hydroxylation is 2. The highest BCUT2D eigenvalue weighted by molar-refractivity contribution is 8.02. The Balaban J connectivity index is 1.40. The monoisotopic (exact) mass is 601 g/mol. The molecule has 2 aromatic rings. The summed E-state index contributed by atoms with van der Waals surface area (Å²) in [5.74, 6) is -0.936. The summed E-state index contributed by atoms with van der Waals surface area (Å²) in [5, 5.41) is 9.25. The van der Waals surface area contributed by atoms with Crippen LogP contribution in [0.3, 0.4) is 0 Å². The molecule has 0 aromatic heterocycles. The van der Waals surface area contributed by atoms with Gasteiger partial charge < -0.3 is 24.5 Å². The minimum Gasteiger partial charge on any atom is -0.494 e. The predicted octanol–water partition coefficient (Wildman–Crippen LogP) is 4.28. The lowest BCUT2D eigenvalue weighted by Gasteiger charge is -2.35. The number of carbonyl (C=O) groups excluding carboxylic acids is 3. The molecule has 43 heavy (non-hydrogen) atoms. The van der Waals surface area contributed by atoms with Crippen molar-refractivity contribution in [3.8, 4) is 5.75 Å². The van der Waals surface area contributed by atoms with Gasteiger partial charge in [-0.15, -0.1) is 11.8 Å². The minimum atomic E-state index is -0.878. The van der Waals surface area contributed by atoms with E-state index in [9.17, 15) is 19.5 Å². The molecule has 4 aliphatic rings. The summed E-state index contributed by atoms with van der Waals surface area (Å²) >= 11 is 1.59. The Kier molecular flexibility index (Phi) is 8.13. The fourth-order valence-corrected chi connectivity index (χ4v) is 9.13. The predicted molar refractivity (Wildman–Crippen MR) is 169 cm³/mol. The standard InChI is InChI=1S/C34H39N3O5S/c1-4-42-25-14-12-24(13-15-25)35-18-7-9-27-28(31(35)39)29-32(40)37(17-5-6-20-38)30-33(41)36(19-8-16-34(29,30)43-27)26-21-22(2)10-11-23(26)3/h7-16,21,27-30,38H,4-6,17-20H2,1-3H3/t27-,28+,29+,30?,34+/m1/s1. The summed E-state index contributed by atoms with van der Waals surface area (Å²) in [6.45, 7) is 7.66. The molecule has 226 valence electrons. The van der Waals surface area contributed by atoms with Crippen LogP contribution in [0.1, 0.15) is 30.9 Å². The Bertz CT molecular complexity index is 1470. The average molecular weight is 602 g/mol. The molecule has 0 bridgehead atoms. The van der Waals surface area contributed by atoms with Crippen molar-refractivity contribution in [2.75, 3.05) is 42.6 Å². The van der Waals surface area contributed by atoms with Gasteiger partial charge in [-0.05, 0) is 75.1 Å². The molecule has 8 nitrogen and oxygen atoms in total. The number of likely N-dealkylation sites (tertiary alicyclic amines) is 1. The largest absolute Gasteiger partial charge is 0.494 e. The molecule has 5 atom stereocenters. The fourth-order valence-electron chi connectivity index (χ4n) is 7.12. The lowest BCUT2D eigenvalue weighted by Crippen LogP contribution is -2.53. The Hall–Kier alpha value is -3.56. The van der Waals surface area contributed by atoms with Crippen LogP contribution >= 0.6 is 11.8 Å². The molecule has 1 spiro atoms. The number of ether oxygens (including phenoxy) is 1. The first-order valence-electron chi connectivity index (χ1n) is 15.2. The number of amides is 3. The second-order valence-electron chi connectivity index (χ2n) is 11.7. The molecule has 3 amide bonds. The molecule has 2 fully saturated rings. The Morgan fingerprint density at radius 2 is 1.72 bits per heavy atom. The summed E-state index contributed by atoms with van der Waals surface area (Å²) in [7, 11) is 0. The third-order valence-corrected chi connectivity index (χ3v) is 10.8. The summed E-state index contributed by atoms with van der Waals surface area (Å²) in [5.41, 5.74) is 3.64. The van der Waals surface area contributed by atoms with E-state index in [1.807, 2.05) is 75.4 Å². The molecule has 4 heterocycles. The summed E-state index contributed by atoms with van der Waals surface area (Å²) in [6, 6.07) is 12.8. The summed E-state index contributed by atoms with van der Waals surface area (Å²) < 4.78 is 4.72. The first-order chi connectivity index (χ1) is 20.8. The summed E-state index contributed by atoms with van der Waals surface area (Å²) in [4.78, 5) is 48.8. The van der Waals surface area contributed by atoms with E-state index in [2.05, 4.69) is 12.2 Å². The van der Waals surface area contributed by atoms with Crippen LogP contribution in [0, 0.1) is 25.7 Å². The van der Waals surface area contributed by atoms with Crippen LogP contribution in [0.5, 0.6) is 5.75 Å². The van der Waals surface area contributed by atoms with Gasteiger partial charge in [0.1, 0.15) is 11.8 Å². The molecular weight excluding hydrogens is 562 g/mol. The van der Waals surface area contributed by atoms with E-state index in [4.69, 9.17) is 4.74 Å². The van der Waals surface area contributed by atoms with Crippen LogP contribution in [0.25, 0.3) is 0 Å². The van der Waals surface area contributed by atoms with Gasteiger partial charge in [0.15, 0.2) is 0 Å². The van der Waals surface area contributed by atoms with Gasteiger partial charge in [-0.1, -0.05) is 36.4 Å². The summed E-state index contributed by atoms with van der Waals surface area (Å²) in [6.07, 6.45) is 9.23. The number of hydrogen-bond donors (Lipinski definition) is 1. The molecule has 6 rings (SSSR count). The third kappa shape index (κ3) is 4.96. The van der Waals surface area contributed by atoms with E-state index in [0.29, 0.717) is 39.1 Å². The maximum atomic E-state index is 14.6. The smallest absolute Gasteiger partial charge is 0.251 e. The van der Waals surface area contributed by atoms with E-state index < -0.39 is 22.6 Å². The lowest BCUT2D eigenvalue weighted by molar-refractivity contribution is -0.138. The van der Waals surface area contributed by atoms with Gasteiger partial charge in [0.05, 0.1) is 23.2 Å². The van der Waals surface area contributed by atoms with E-state index >= 15 is 0 Å². The average Bonchev–Trinajstić information content (AvgIpc) is 3.30. The quantitative estimate of drug-likeness (QED) is 0.359. The van der Waals surface area contributed by atoms with Crippen molar-refractivity contribution in [1.82, 2.24) is 4.90 Å². The van der Waals surface area contributed by atoms with Gasteiger partial charge in [-0.25, -0.2) is 0 Å². The number of benzene rings is 2. The molecule has 2 aromatic carbocycles. The minimum absolute atomic E-state index is 0.0174. The second kappa shape index (κ2) is 11.8. The first-order valence-corrected chi connectivity index (χ1v) is 16.0. The highest BCUT2D eigenvalue weighted by atomic mass is 32.2. The van der Waals surface area contributed by atoms with Gasteiger partial charge in [0, 0.05) is 42.9 Å². The molecule has 1 N–H and O–H groups in total. The molecule has 9 heteroatoms. The number of hydrogen-bond acceptors (Lipinski definition) is 6. The zero-order chi connectivity index (χ0) is 30.3. The van der Waals surface area contributed by atoms with Crippen LogP contribution in [0.15, 0.2) is 66.8 Å². The number of nitrogens with zero attached hydrogens (tertiary/aromatic N) is 3. The van der Waals surface area contributed by atoms with Gasteiger partial charge in [0.25, 0.3) is 5.91 Å². The number of carbonyl (C=O) groups is 3. The number of rotatable bonds is 8. The SMILES string of the molecule is CCOc1ccc(N2CC=C[C@H]3S[C@]45C=CCN(c6cc(C)ccc6C)C(=O)C4N(CCCCO)C(=O)[C@@H]5[C@H]3C2=O)cc1. The second-order valence-corrected chi connectivity index (χ2v) is 13.2.